The molecule has 3 aromatic rings. The van der Waals surface area contributed by atoms with Crippen LogP contribution in [0.2, 0.25) is 0 Å². The molecule has 1 aliphatic heterocycles. The van der Waals surface area contributed by atoms with E-state index in [2.05, 4.69) is 25.0 Å². The van der Waals surface area contributed by atoms with E-state index in [0.29, 0.717) is 12.5 Å². The molecule has 0 unspecified atom stereocenters. The largest absolute Gasteiger partial charge is 0.298 e. The van der Waals surface area contributed by atoms with Crippen molar-refractivity contribution in [1.82, 2.24) is 29.6 Å². The van der Waals surface area contributed by atoms with Gasteiger partial charge in [-0.25, -0.2) is 14.6 Å². The molecule has 0 atom stereocenters. The highest BCUT2D eigenvalue weighted by atomic mass is 16.1. The fraction of sp³-hybridized carbons (Fsp3) is 0.316. The van der Waals surface area contributed by atoms with Gasteiger partial charge in [0.05, 0.1) is 12.2 Å². The third-order valence-corrected chi connectivity index (χ3v) is 4.53. The minimum Gasteiger partial charge on any atom is -0.298 e. The predicted molar refractivity (Wildman–Crippen MR) is 97.3 cm³/mol. The van der Waals surface area contributed by atoms with Gasteiger partial charge < -0.3 is 0 Å². The summed E-state index contributed by atoms with van der Waals surface area (Å²) in [7, 11) is 0. The summed E-state index contributed by atoms with van der Waals surface area (Å²) in [6.45, 7) is 5.24. The van der Waals surface area contributed by atoms with Crippen molar-refractivity contribution in [2.45, 2.75) is 20.0 Å². The van der Waals surface area contributed by atoms with Gasteiger partial charge in [0.15, 0.2) is 0 Å². The van der Waals surface area contributed by atoms with Crippen molar-refractivity contribution in [3.05, 3.63) is 70.8 Å². The molecule has 0 amide bonds. The Kier molecular flexibility index (Phi) is 4.53. The molecule has 7 heteroatoms. The molecule has 0 bridgehead atoms. The van der Waals surface area contributed by atoms with Crippen LogP contribution < -0.4 is 5.56 Å². The molecule has 4 rings (SSSR count). The molecule has 1 aliphatic rings. The zero-order chi connectivity index (χ0) is 17.9. The van der Waals surface area contributed by atoms with Gasteiger partial charge >= 0.3 is 0 Å². The molecule has 26 heavy (non-hydrogen) atoms. The average Bonchev–Trinajstić information content (AvgIpc) is 2.64. The summed E-state index contributed by atoms with van der Waals surface area (Å²) in [5.74, 6) is 1.21. The molecule has 0 aliphatic carbocycles. The Labute approximate surface area is 151 Å². The molecular weight excluding hydrogens is 328 g/mol. The van der Waals surface area contributed by atoms with Gasteiger partial charge in [0.2, 0.25) is 0 Å². The Balaban J connectivity index is 1.38. The fourth-order valence-electron chi connectivity index (χ4n) is 3.17. The van der Waals surface area contributed by atoms with Gasteiger partial charge in [-0.15, -0.1) is 0 Å². The van der Waals surface area contributed by atoms with E-state index in [1.54, 1.807) is 29.2 Å². The number of pyridine rings is 1. The number of nitrogens with zero attached hydrogens (tertiary/aromatic N) is 6. The Morgan fingerprint density at radius 2 is 1.92 bits per heavy atom. The van der Waals surface area contributed by atoms with E-state index in [4.69, 9.17) is 0 Å². The number of rotatable bonds is 5. The van der Waals surface area contributed by atoms with E-state index in [1.807, 2.05) is 31.5 Å². The summed E-state index contributed by atoms with van der Waals surface area (Å²) >= 11 is 0. The van der Waals surface area contributed by atoms with Crippen LogP contribution in [0.5, 0.6) is 0 Å². The fourth-order valence-corrected chi connectivity index (χ4v) is 3.17. The molecule has 0 N–H and O–H groups in total. The molecule has 0 spiro atoms. The quantitative estimate of drug-likeness (QED) is 0.696. The lowest BCUT2D eigenvalue weighted by Crippen LogP contribution is -2.48. The summed E-state index contributed by atoms with van der Waals surface area (Å²) in [6, 6.07) is 7.14. The van der Waals surface area contributed by atoms with Crippen LogP contribution in [-0.2, 0) is 13.1 Å². The van der Waals surface area contributed by atoms with Crippen molar-refractivity contribution >= 4 is 0 Å². The second kappa shape index (κ2) is 7.13. The van der Waals surface area contributed by atoms with Crippen LogP contribution in [0.1, 0.15) is 11.4 Å². The van der Waals surface area contributed by atoms with Gasteiger partial charge in [0.1, 0.15) is 5.82 Å². The Hall–Kier alpha value is -2.93. The molecule has 0 saturated carbocycles. The van der Waals surface area contributed by atoms with Gasteiger partial charge in [-0.3, -0.25) is 14.7 Å². The van der Waals surface area contributed by atoms with Crippen LogP contribution in [0.15, 0.2) is 53.8 Å². The van der Waals surface area contributed by atoms with Crippen LogP contribution in [-0.4, -0.2) is 42.7 Å². The van der Waals surface area contributed by atoms with Gasteiger partial charge in [-0.2, -0.15) is 5.10 Å². The second-order valence-electron chi connectivity index (χ2n) is 6.68. The number of hydrogen-bond donors (Lipinski definition) is 0. The highest BCUT2D eigenvalue weighted by Crippen LogP contribution is 2.20. The topological polar surface area (TPSA) is 76.8 Å². The maximum atomic E-state index is 12.1. The van der Waals surface area contributed by atoms with Crippen LogP contribution in [0, 0.1) is 12.8 Å². The highest BCUT2D eigenvalue weighted by Gasteiger charge is 2.27. The lowest BCUT2D eigenvalue weighted by atomic mass is 9.99. The van der Waals surface area contributed by atoms with Gasteiger partial charge in [0.25, 0.3) is 5.56 Å². The second-order valence-corrected chi connectivity index (χ2v) is 6.68. The molecular formula is C19H20N6O. The molecule has 7 nitrogen and oxygen atoms in total. The van der Waals surface area contributed by atoms with Crippen molar-refractivity contribution < 1.29 is 0 Å². The summed E-state index contributed by atoms with van der Waals surface area (Å²) in [5, 5.41) is 4.51. The van der Waals surface area contributed by atoms with Crippen molar-refractivity contribution in [1.29, 1.82) is 0 Å². The average molecular weight is 348 g/mol. The zero-order valence-electron chi connectivity index (χ0n) is 14.6. The minimum absolute atomic E-state index is 0.0666. The molecule has 0 radical (unpaired) electrons. The minimum atomic E-state index is -0.0666. The number of hydrogen-bond acceptors (Lipinski definition) is 6. The van der Waals surface area contributed by atoms with Gasteiger partial charge in [-0.1, -0.05) is 0 Å². The van der Waals surface area contributed by atoms with E-state index in [0.717, 1.165) is 42.3 Å². The summed E-state index contributed by atoms with van der Waals surface area (Å²) in [5.41, 5.74) is 2.73. The van der Waals surface area contributed by atoms with Crippen molar-refractivity contribution in [2.24, 2.45) is 5.92 Å². The first-order valence-electron chi connectivity index (χ1n) is 8.66. The van der Waals surface area contributed by atoms with E-state index >= 15 is 0 Å². The van der Waals surface area contributed by atoms with Crippen molar-refractivity contribution in [3.63, 3.8) is 0 Å². The number of aryl methyl sites for hydroxylation is 1. The first kappa shape index (κ1) is 16.5. The molecule has 132 valence electrons. The normalized spacial score (nSPS) is 15.0. The number of likely N-dealkylation sites (tertiary alicyclic amines) is 1. The maximum absolute atomic E-state index is 12.1. The maximum Gasteiger partial charge on any atom is 0.266 e. The molecule has 0 aromatic carbocycles. The Morgan fingerprint density at radius 3 is 2.65 bits per heavy atom. The smallest absolute Gasteiger partial charge is 0.266 e. The van der Waals surface area contributed by atoms with E-state index < -0.39 is 0 Å². The lowest BCUT2D eigenvalue weighted by Gasteiger charge is -2.39. The highest BCUT2D eigenvalue weighted by molar-refractivity contribution is 5.56. The SMILES string of the molecule is Cc1ncc(CN2CC(Cn3nc(-c4cccnc4)ccc3=O)C2)cn1. The molecule has 1 saturated heterocycles. The summed E-state index contributed by atoms with van der Waals surface area (Å²) in [4.78, 5) is 27.0. The first-order chi connectivity index (χ1) is 12.7. The Morgan fingerprint density at radius 1 is 1.12 bits per heavy atom. The standard InChI is InChI=1S/C19H20N6O/c1-14-21-7-15(8-22-14)10-24-11-16(12-24)13-25-19(26)5-4-18(23-25)17-3-2-6-20-9-17/h2-9,16H,10-13H2,1H3. The predicted octanol–water partition coefficient (Wildman–Crippen LogP) is 1.54. The third kappa shape index (κ3) is 3.67. The van der Waals surface area contributed by atoms with Crippen molar-refractivity contribution in [2.75, 3.05) is 13.1 Å². The Bertz CT molecular complexity index is 932. The summed E-state index contributed by atoms with van der Waals surface area (Å²) in [6.07, 6.45) is 7.23. The van der Waals surface area contributed by atoms with Gasteiger partial charge in [-0.05, 0) is 25.1 Å². The molecule has 1 fully saturated rings. The first-order valence-corrected chi connectivity index (χ1v) is 8.66. The summed E-state index contributed by atoms with van der Waals surface area (Å²) < 4.78 is 1.57. The van der Waals surface area contributed by atoms with Crippen LogP contribution in [0.3, 0.4) is 0 Å². The number of aromatic nitrogens is 5. The van der Waals surface area contributed by atoms with E-state index in [-0.39, 0.29) is 5.56 Å². The van der Waals surface area contributed by atoms with Crippen molar-refractivity contribution in [3.8, 4) is 11.3 Å². The van der Waals surface area contributed by atoms with E-state index in [9.17, 15) is 4.79 Å². The monoisotopic (exact) mass is 348 g/mol. The molecule has 3 aromatic heterocycles. The zero-order valence-corrected chi connectivity index (χ0v) is 14.6. The van der Waals surface area contributed by atoms with Crippen LogP contribution in [0.25, 0.3) is 11.3 Å². The lowest BCUT2D eigenvalue weighted by molar-refractivity contribution is 0.0765. The molecule has 4 heterocycles. The third-order valence-electron chi connectivity index (χ3n) is 4.53. The van der Waals surface area contributed by atoms with Crippen LogP contribution >= 0.6 is 0 Å². The van der Waals surface area contributed by atoms with Crippen LogP contribution in [0.4, 0.5) is 0 Å². The van der Waals surface area contributed by atoms with Gasteiger partial charge in [0, 0.05) is 67.5 Å². The van der Waals surface area contributed by atoms with E-state index in [1.165, 1.54) is 0 Å².